The molecule has 0 bridgehead atoms. The van der Waals surface area contributed by atoms with Crippen LogP contribution in [-0.4, -0.2) is 52.3 Å². The molecule has 2 aromatic carbocycles. The molecule has 1 aliphatic heterocycles. The smallest absolute Gasteiger partial charge is 0.271 e. The molecule has 1 fully saturated rings. The second-order valence-corrected chi connectivity index (χ2v) is 8.97. The van der Waals surface area contributed by atoms with Crippen LogP contribution in [0.4, 0.5) is 17.1 Å². The van der Waals surface area contributed by atoms with Gasteiger partial charge in [0.1, 0.15) is 5.25 Å². The lowest BCUT2D eigenvalue weighted by atomic mass is 10.1. The summed E-state index contributed by atoms with van der Waals surface area (Å²) in [5.74, 6) is -0.731. The van der Waals surface area contributed by atoms with E-state index >= 15 is 0 Å². The monoisotopic (exact) mass is 490 g/mol. The van der Waals surface area contributed by atoms with Crippen LogP contribution in [0.15, 0.2) is 41.4 Å². The van der Waals surface area contributed by atoms with Gasteiger partial charge in [0.05, 0.1) is 34.5 Å². The van der Waals surface area contributed by atoms with Crippen molar-refractivity contribution in [2.24, 2.45) is 4.99 Å². The van der Waals surface area contributed by atoms with Crippen LogP contribution >= 0.6 is 23.4 Å². The first-order valence-corrected chi connectivity index (χ1v) is 11.3. The number of nitro benzene ring substituents is 1. The van der Waals surface area contributed by atoms with Gasteiger partial charge in [-0.15, -0.1) is 0 Å². The number of para-hydroxylation sites is 1. The Morgan fingerprint density at radius 1 is 1.30 bits per heavy atom. The number of nitrogens with zero attached hydrogens (tertiary/aromatic N) is 3. The number of carbonyl (C=O) groups excluding carboxylic acids is 2. The number of rotatable bonds is 8. The van der Waals surface area contributed by atoms with E-state index in [1.54, 1.807) is 7.11 Å². The average molecular weight is 491 g/mol. The van der Waals surface area contributed by atoms with Crippen LogP contribution in [0.1, 0.15) is 17.5 Å². The predicted octanol–water partition coefficient (Wildman–Crippen LogP) is 4.47. The highest BCUT2D eigenvalue weighted by Gasteiger charge is 2.39. The van der Waals surface area contributed by atoms with Gasteiger partial charge in [-0.1, -0.05) is 41.6 Å². The summed E-state index contributed by atoms with van der Waals surface area (Å²) in [6, 6.07) is 9.60. The topological polar surface area (TPSA) is 114 Å². The van der Waals surface area contributed by atoms with E-state index < -0.39 is 16.1 Å². The standard InChI is InChI=1S/C22H23ClN4O5S/c1-13-5-4-6-14(2)20(13)25-22-26(9-10-32-3)21(29)18(33-22)12-19(28)24-17-11-15(27(30)31)7-8-16(17)23/h4-8,11,18H,9-10,12H2,1-3H3,(H,24,28). The van der Waals surface area contributed by atoms with E-state index in [0.717, 1.165) is 16.8 Å². The second-order valence-electron chi connectivity index (χ2n) is 7.40. The van der Waals surface area contributed by atoms with Gasteiger partial charge in [0.15, 0.2) is 5.17 Å². The predicted molar refractivity (Wildman–Crippen MR) is 129 cm³/mol. The summed E-state index contributed by atoms with van der Waals surface area (Å²) in [7, 11) is 1.55. The second kappa shape index (κ2) is 10.8. The van der Waals surface area contributed by atoms with E-state index in [-0.39, 0.29) is 28.7 Å². The summed E-state index contributed by atoms with van der Waals surface area (Å²) in [6.07, 6.45) is -0.141. The number of benzene rings is 2. The molecule has 9 nitrogen and oxygen atoms in total. The molecular formula is C22H23ClN4O5S. The van der Waals surface area contributed by atoms with Crippen molar-refractivity contribution in [2.45, 2.75) is 25.5 Å². The number of ether oxygens (including phenoxy) is 1. The summed E-state index contributed by atoms with van der Waals surface area (Å²) in [4.78, 5) is 42.4. The van der Waals surface area contributed by atoms with Crippen LogP contribution in [0.3, 0.4) is 0 Å². The van der Waals surface area contributed by atoms with Gasteiger partial charge in [0.25, 0.3) is 5.69 Å². The van der Waals surface area contributed by atoms with Gasteiger partial charge in [0, 0.05) is 25.7 Å². The summed E-state index contributed by atoms with van der Waals surface area (Å²) < 4.78 is 5.13. The van der Waals surface area contributed by atoms with Gasteiger partial charge in [-0.05, 0) is 31.0 Å². The van der Waals surface area contributed by atoms with Crippen molar-refractivity contribution >= 4 is 57.4 Å². The number of hydrogen-bond acceptors (Lipinski definition) is 7. The molecule has 0 spiro atoms. The Morgan fingerprint density at radius 2 is 2.00 bits per heavy atom. The number of non-ortho nitro benzene ring substituents is 1. The fourth-order valence-corrected chi connectivity index (χ4v) is 4.62. The Morgan fingerprint density at radius 3 is 2.64 bits per heavy atom. The Hall–Kier alpha value is -2.95. The van der Waals surface area contributed by atoms with Crippen molar-refractivity contribution in [3.05, 3.63) is 62.7 Å². The Kier molecular flexibility index (Phi) is 8.06. The lowest BCUT2D eigenvalue weighted by Gasteiger charge is -2.16. The first-order chi connectivity index (χ1) is 15.7. The van der Waals surface area contributed by atoms with Gasteiger partial charge in [-0.2, -0.15) is 0 Å². The number of nitrogens with one attached hydrogen (secondary N) is 1. The molecule has 33 heavy (non-hydrogen) atoms. The van der Waals surface area contributed by atoms with Crippen LogP contribution in [0, 0.1) is 24.0 Å². The summed E-state index contributed by atoms with van der Waals surface area (Å²) >= 11 is 7.27. The molecule has 174 valence electrons. The third-order valence-electron chi connectivity index (χ3n) is 4.99. The molecule has 1 N–H and O–H groups in total. The van der Waals surface area contributed by atoms with Gasteiger partial charge < -0.3 is 10.1 Å². The minimum absolute atomic E-state index is 0.118. The zero-order chi connectivity index (χ0) is 24.1. The van der Waals surface area contributed by atoms with Crippen LogP contribution in [0.5, 0.6) is 0 Å². The van der Waals surface area contributed by atoms with Gasteiger partial charge in [-0.25, -0.2) is 4.99 Å². The van der Waals surface area contributed by atoms with Crippen molar-refractivity contribution in [2.75, 3.05) is 25.6 Å². The molecule has 1 unspecified atom stereocenters. The number of halogens is 1. The van der Waals surface area contributed by atoms with Crippen molar-refractivity contribution in [1.82, 2.24) is 4.90 Å². The molecule has 1 saturated heterocycles. The number of anilines is 1. The minimum Gasteiger partial charge on any atom is -0.383 e. The van der Waals surface area contributed by atoms with Crippen LogP contribution < -0.4 is 5.32 Å². The molecule has 3 rings (SSSR count). The maximum absolute atomic E-state index is 13.1. The molecule has 0 aliphatic carbocycles. The number of hydrogen-bond donors (Lipinski definition) is 1. The fourth-order valence-electron chi connectivity index (χ4n) is 3.28. The lowest BCUT2D eigenvalue weighted by molar-refractivity contribution is -0.384. The SMILES string of the molecule is COCCN1C(=O)C(CC(=O)Nc2cc([N+](=O)[O-])ccc2Cl)SC1=Nc1c(C)cccc1C. The number of carbonyl (C=O) groups is 2. The van der Waals surface area contributed by atoms with Crippen LogP contribution in [0.25, 0.3) is 0 Å². The van der Waals surface area contributed by atoms with Crippen molar-refractivity contribution < 1.29 is 19.2 Å². The number of aryl methyl sites for hydroxylation is 2. The summed E-state index contributed by atoms with van der Waals surface area (Å²) in [5, 5.41) is 13.5. The number of nitro groups is 1. The van der Waals surface area contributed by atoms with E-state index in [0.29, 0.717) is 18.3 Å². The number of methoxy groups -OCH3 is 1. The Balaban J connectivity index is 1.80. The molecule has 1 atom stereocenters. The van der Waals surface area contributed by atoms with Gasteiger partial charge in [0.2, 0.25) is 11.8 Å². The van der Waals surface area contributed by atoms with Gasteiger partial charge >= 0.3 is 0 Å². The van der Waals surface area contributed by atoms with Gasteiger partial charge in [-0.3, -0.25) is 24.6 Å². The Labute approximate surface area is 200 Å². The van der Waals surface area contributed by atoms with E-state index in [2.05, 4.69) is 5.32 Å². The Bertz CT molecular complexity index is 1100. The van der Waals surface area contributed by atoms with E-state index in [1.807, 2.05) is 32.0 Å². The molecule has 0 radical (unpaired) electrons. The number of aliphatic imine (C=N–C) groups is 1. The lowest BCUT2D eigenvalue weighted by Crippen LogP contribution is -2.35. The van der Waals surface area contributed by atoms with Crippen LogP contribution in [-0.2, 0) is 14.3 Å². The summed E-state index contributed by atoms with van der Waals surface area (Å²) in [5.41, 5.74) is 2.65. The number of amides is 2. The molecule has 1 heterocycles. The third kappa shape index (κ3) is 5.89. The molecule has 0 saturated carbocycles. The van der Waals surface area contributed by atoms with Crippen molar-refractivity contribution in [1.29, 1.82) is 0 Å². The van der Waals surface area contributed by atoms with Crippen LogP contribution in [0.2, 0.25) is 5.02 Å². The van der Waals surface area contributed by atoms with E-state index in [9.17, 15) is 19.7 Å². The molecule has 2 amide bonds. The maximum Gasteiger partial charge on any atom is 0.271 e. The molecule has 0 aromatic heterocycles. The third-order valence-corrected chi connectivity index (χ3v) is 6.50. The highest BCUT2D eigenvalue weighted by molar-refractivity contribution is 8.15. The van der Waals surface area contributed by atoms with E-state index in [4.69, 9.17) is 21.3 Å². The highest BCUT2D eigenvalue weighted by atomic mass is 35.5. The zero-order valence-electron chi connectivity index (χ0n) is 18.3. The molecule has 11 heteroatoms. The normalized spacial score (nSPS) is 17.0. The number of thioether (sulfide) groups is 1. The zero-order valence-corrected chi connectivity index (χ0v) is 19.9. The average Bonchev–Trinajstić information content (AvgIpc) is 3.04. The van der Waals surface area contributed by atoms with Crippen molar-refractivity contribution in [3.8, 4) is 0 Å². The first kappa shape index (κ1) is 24.7. The van der Waals surface area contributed by atoms with Crippen molar-refractivity contribution in [3.63, 3.8) is 0 Å². The fraction of sp³-hybridized carbons (Fsp3) is 0.318. The largest absolute Gasteiger partial charge is 0.383 e. The minimum atomic E-state index is -0.692. The maximum atomic E-state index is 13.1. The van der Waals surface area contributed by atoms with E-state index in [1.165, 1.54) is 34.9 Å². The first-order valence-electron chi connectivity index (χ1n) is 10.1. The summed E-state index contributed by atoms with van der Waals surface area (Å²) in [6.45, 7) is 4.52. The highest BCUT2D eigenvalue weighted by Crippen LogP contribution is 2.34. The molecular weight excluding hydrogens is 468 g/mol. The molecule has 2 aromatic rings. The number of amidine groups is 1. The quantitative estimate of drug-likeness (QED) is 0.431. The molecule has 1 aliphatic rings.